The van der Waals surface area contributed by atoms with E-state index >= 15 is 0 Å². The molecular weight excluding hydrogens is 254 g/mol. The number of hydrogen-bond donors (Lipinski definition) is 2. The second kappa shape index (κ2) is 5.86. The first-order valence-corrected chi connectivity index (χ1v) is 7.91. The Labute approximate surface area is 107 Å². The molecule has 1 heterocycles. The molecule has 1 unspecified atom stereocenters. The van der Waals surface area contributed by atoms with E-state index in [-0.39, 0.29) is 18.2 Å². The van der Waals surface area contributed by atoms with Gasteiger partial charge in [-0.1, -0.05) is 12.8 Å². The van der Waals surface area contributed by atoms with Crippen LogP contribution >= 0.6 is 0 Å². The van der Waals surface area contributed by atoms with Gasteiger partial charge in [0.15, 0.2) is 0 Å². The topological polar surface area (TPSA) is 79.5 Å². The summed E-state index contributed by atoms with van der Waals surface area (Å²) in [5.74, 6) is 0.805. The highest BCUT2D eigenvalue weighted by Crippen LogP contribution is 2.25. The molecule has 2 N–H and O–H groups in total. The van der Waals surface area contributed by atoms with Gasteiger partial charge in [0.2, 0.25) is 10.0 Å². The van der Waals surface area contributed by atoms with Gasteiger partial charge in [-0.15, -0.1) is 0 Å². The predicted octanol–water partition coefficient (Wildman–Crippen LogP) is 1.42. The fraction of sp³-hybridized carbons (Fsp3) is 0.667. The minimum absolute atomic E-state index is 0.0391. The summed E-state index contributed by atoms with van der Waals surface area (Å²) in [5, 5.41) is 9.71. The van der Waals surface area contributed by atoms with E-state index < -0.39 is 16.1 Å². The van der Waals surface area contributed by atoms with Crippen molar-refractivity contribution in [2.45, 2.75) is 31.8 Å². The van der Waals surface area contributed by atoms with Crippen LogP contribution < -0.4 is 4.72 Å². The van der Waals surface area contributed by atoms with Crippen molar-refractivity contribution in [3.8, 4) is 0 Å². The second-order valence-corrected chi connectivity index (χ2v) is 6.66. The SMILES string of the molecule is O=S(=O)(CC1CCCC1)NCC(O)c1ccco1. The molecule has 0 aliphatic heterocycles. The van der Waals surface area contributed by atoms with Crippen molar-refractivity contribution in [2.75, 3.05) is 12.3 Å². The van der Waals surface area contributed by atoms with Gasteiger partial charge in [-0.25, -0.2) is 13.1 Å². The fourth-order valence-electron chi connectivity index (χ4n) is 2.33. The quantitative estimate of drug-likeness (QED) is 0.821. The molecule has 1 aliphatic carbocycles. The summed E-state index contributed by atoms with van der Waals surface area (Å²) in [4.78, 5) is 0. The second-order valence-electron chi connectivity index (χ2n) is 4.81. The smallest absolute Gasteiger partial charge is 0.211 e. The lowest BCUT2D eigenvalue weighted by Gasteiger charge is -2.13. The number of hydrogen-bond acceptors (Lipinski definition) is 4. The largest absolute Gasteiger partial charge is 0.467 e. The summed E-state index contributed by atoms with van der Waals surface area (Å²) in [6.07, 6.45) is 4.73. The summed E-state index contributed by atoms with van der Waals surface area (Å²) in [6.45, 7) is -0.0391. The van der Waals surface area contributed by atoms with E-state index in [0.29, 0.717) is 5.76 Å². The van der Waals surface area contributed by atoms with Crippen molar-refractivity contribution in [3.05, 3.63) is 24.2 Å². The molecule has 18 heavy (non-hydrogen) atoms. The van der Waals surface area contributed by atoms with Gasteiger partial charge in [0.25, 0.3) is 0 Å². The third kappa shape index (κ3) is 3.83. The number of sulfonamides is 1. The van der Waals surface area contributed by atoms with Gasteiger partial charge in [-0.3, -0.25) is 0 Å². The van der Waals surface area contributed by atoms with Gasteiger partial charge >= 0.3 is 0 Å². The Hall–Kier alpha value is -0.850. The number of aliphatic hydroxyl groups excluding tert-OH is 1. The van der Waals surface area contributed by atoms with Gasteiger partial charge in [-0.05, 0) is 30.9 Å². The van der Waals surface area contributed by atoms with Crippen LogP contribution in [0.4, 0.5) is 0 Å². The Balaban J connectivity index is 1.81. The van der Waals surface area contributed by atoms with Crippen molar-refractivity contribution in [1.82, 2.24) is 4.72 Å². The highest BCUT2D eigenvalue weighted by atomic mass is 32.2. The van der Waals surface area contributed by atoms with Crippen LogP contribution in [0, 0.1) is 5.92 Å². The molecule has 5 nitrogen and oxygen atoms in total. The average Bonchev–Trinajstić information content (AvgIpc) is 2.97. The first-order chi connectivity index (χ1) is 8.57. The van der Waals surface area contributed by atoms with E-state index in [9.17, 15) is 13.5 Å². The molecule has 1 saturated carbocycles. The third-order valence-electron chi connectivity index (χ3n) is 3.30. The molecule has 0 bridgehead atoms. The van der Waals surface area contributed by atoms with E-state index in [4.69, 9.17) is 4.42 Å². The third-order valence-corrected chi connectivity index (χ3v) is 4.81. The first kappa shape index (κ1) is 13.6. The zero-order valence-corrected chi connectivity index (χ0v) is 11.0. The minimum atomic E-state index is -3.30. The van der Waals surface area contributed by atoms with Gasteiger partial charge in [0.1, 0.15) is 11.9 Å². The number of furan rings is 1. The van der Waals surface area contributed by atoms with E-state index in [2.05, 4.69) is 4.72 Å². The van der Waals surface area contributed by atoms with Crippen molar-refractivity contribution >= 4 is 10.0 Å². The Bertz CT molecular complexity index is 448. The van der Waals surface area contributed by atoms with E-state index in [1.807, 2.05) is 0 Å². The lowest BCUT2D eigenvalue weighted by atomic mass is 10.1. The summed E-state index contributed by atoms with van der Waals surface area (Å²) >= 11 is 0. The van der Waals surface area contributed by atoms with Crippen molar-refractivity contribution in [1.29, 1.82) is 0 Å². The van der Waals surface area contributed by atoms with Crippen LogP contribution in [0.1, 0.15) is 37.5 Å². The molecule has 2 rings (SSSR count). The monoisotopic (exact) mass is 273 g/mol. The molecule has 6 heteroatoms. The molecule has 0 saturated heterocycles. The van der Waals surface area contributed by atoms with E-state index in [1.54, 1.807) is 12.1 Å². The van der Waals surface area contributed by atoms with Crippen LogP contribution in [0.15, 0.2) is 22.8 Å². The number of nitrogens with one attached hydrogen (secondary N) is 1. The van der Waals surface area contributed by atoms with Crippen molar-refractivity contribution in [2.24, 2.45) is 5.92 Å². The maximum atomic E-state index is 11.8. The molecule has 0 radical (unpaired) electrons. The van der Waals surface area contributed by atoms with Crippen LogP contribution in [-0.2, 0) is 10.0 Å². The lowest BCUT2D eigenvalue weighted by Crippen LogP contribution is -2.32. The molecular formula is C12H19NO4S. The molecule has 102 valence electrons. The van der Waals surface area contributed by atoms with Crippen molar-refractivity contribution < 1.29 is 17.9 Å². The molecule has 0 amide bonds. The van der Waals surface area contributed by atoms with Crippen LogP contribution in [-0.4, -0.2) is 25.8 Å². The molecule has 1 aromatic heterocycles. The van der Waals surface area contributed by atoms with Crippen LogP contribution in [0.5, 0.6) is 0 Å². The highest BCUT2D eigenvalue weighted by molar-refractivity contribution is 7.89. The standard InChI is InChI=1S/C12H19NO4S/c14-11(12-6-3-7-17-12)8-13-18(15,16)9-10-4-1-2-5-10/h3,6-7,10-11,13-14H,1-2,4-5,8-9H2. The highest BCUT2D eigenvalue weighted by Gasteiger charge is 2.23. The maximum Gasteiger partial charge on any atom is 0.211 e. The average molecular weight is 273 g/mol. The Kier molecular flexibility index (Phi) is 4.42. The predicted molar refractivity (Wildman–Crippen MR) is 67.4 cm³/mol. The van der Waals surface area contributed by atoms with Crippen molar-refractivity contribution in [3.63, 3.8) is 0 Å². The minimum Gasteiger partial charge on any atom is -0.467 e. The van der Waals surface area contributed by atoms with Gasteiger partial charge in [-0.2, -0.15) is 0 Å². The summed E-state index contributed by atoms with van der Waals surface area (Å²) in [5.41, 5.74) is 0. The van der Waals surface area contributed by atoms with Crippen LogP contribution in [0.25, 0.3) is 0 Å². The Morgan fingerprint density at radius 1 is 1.44 bits per heavy atom. The fourth-order valence-corrected chi connectivity index (χ4v) is 3.82. The molecule has 1 aliphatic rings. The zero-order valence-electron chi connectivity index (χ0n) is 10.2. The number of rotatable bonds is 6. The Morgan fingerprint density at radius 3 is 2.78 bits per heavy atom. The normalized spacial score (nSPS) is 19.2. The molecule has 0 spiro atoms. The Morgan fingerprint density at radius 2 is 2.17 bits per heavy atom. The lowest BCUT2D eigenvalue weighted by molar-refractivity contribution is 0.154. The summed E-state index contributed by atoms with van der Waals surface area (Å²) < 4.78 is 31.1. The van der Waals surface area contributed by atoms with E-state index in [1.165, 1.54) is 6.26 Å². The first-order valence-electron chi connectivity index (χ1n) is 6.25. The van der Waals surface area contributed by atoms with Crippen LogP contribution in [0.2, 0.25) is 0 Å². The maximum absolute atomic E-state index is 11.8. The molecule has 0 aromatic carbocycles. The van der Waals surface area contributed by atoms with Crippen LogP contribution in [0.3, 0.4) is 0 Å². The number of aliphatic hydroxyl groups is 1. The molecule has 1 atom stereocenters. The van der Waals surface area contributed by atoms with Gasteiger partial charge < -0.3 is 9.52 Å². The van der Waals surface area contributed by atoms with Gasteiger partial charge in [0, 0.05) is 6.54 Å². The molecule has 1 fully saturated rings. The molecule has 1 aromatic rings. The summed E-state index contributed by atoms with van der Waals surface area (Å²) in [7, 11) is -3.30. The van der Waals surface area contributed by atoms with Gasteiger partial charge in [0.05, 0.1) is 12.0 Å². The summed E-state index contributed by atoms with van der Waals surface area (Å²) in [6, 6.07) is 3.28. The zero-order chi connectivity index (χ0) is 13.0. The van der Waals surface area contributed by atoms with E-state index in [0.717, 1.165) is 25.7 Å².